The van der Waals surface area contributed by atoms with Gasteiger partial charge in [0, 0.05) is 34.8 Å². The van der Waals surface area contributed by atoms with E-state index in [1.54, 1.807) is 6.20 Å². The number of nitrogens with one attached hydrogen (secondary N) is 2. The van der Waals surface area contributed by atoms with Gasteiger partial charge in [0.15, 0.2) is 5.78 Å². The van der Waals surface area contributed by atoms with E-state index in [0.717, 1.165) is 17.3 Å². The van der Waals surface area contributed by atoms with Crippen LogP contribution in [0, 0.1) is 0 Å². The maximum atomic E-state index is 12.3. The van der Waals surface area contributed by atoms with Gasteiger partial charge in [0.1, 0.15) is 0 Å². The fraction of sp³-hybridized carbons (Fsp3) is 0.200. The molecule has 4 nitrogen and oxygen atoms in total. The van der Waals surface area contributed by atoms with Crippen molar-refractivity contribution in [2.45, 2.75) is 12.8 Å². The van der Waals surface area contributed by atoms with Crippen LogP contribution in [-0.2, 0) is 4.79 Å². The van der Waals surface area contributed by atoms with Gasteiger partial charge in [-0.25, -0.2) is 0 Å². The lowest BCUT2D eigenvalue weighted by Gasteiger charge is -2.14. The molecule has 1 fully saturated rings. The van der Waals surface area contributed by atoms with E-state index in [1.807, 2.05) is 24.3 Å². The molecule has 3 rings (SSSR count). The lowest BCUT2D eigenvalue weighted by molar-refractivity contribution is -0.118. The van der Waals surface area contributed by atoms with Gasteiger partial charge in [-0.1, -0.05) is 18.2 Å². The van der Waals surface area contributed by atoms with Crippen LogP contribution in [0.2, 0.25) is 0 Å². The zero-order valence-corrected chi connectivity index (χ0v) is 10.4. The molecule has 1 aliphatic rings. The Morgan fingerprint density at radius 3 is 2.95 bits per heavy atom. The largest absolute Gasteiger partial charge is 0.360 e. The maximum absolute atomic E-state index is 12.3. The molecular weight excluding hydrogens is 240 g/mol. The molecule has 2 heterocycles. The SMILES string of the molecule is O=C1NCCC/C1=C/C(=O)c1c[nH]c2ccccc12. The van der Waals surface area contributed by atoms with Crippen LogP contribution in [0.3, 0.4) is 0 Å². The van der Waals surface area contributed by atoms with Crippen LogP contribution >= 0.6 is 0 Å². The van der Waals surface area contributed by atoms with Gasteiger partial charge < -0.3 is 10.3 Å². The van der Waals surface area contributed by atoms with Crippen molar-refractivity contribution in [2.75, 3.05) is 6.54 Å². The topological polar surface area (TPSA) is 62.0 Å². The standard InChI is InChI=1S/C15H14N2O2/c18-14(8-10-4-3-7-16-15(10)19)12-9-17-13-6-2-1-5-11(12)13/h1-2,5-6,8-9,17H,3-4,7H2,(H,16,19)/b10-8-. The summed E-state index contributed by atoms with van der Waals surface area (Å²) in [5.74, 6) is -0.246. The van der Waals surface area contributed by atoms with Crippen LogP contribution in [0.4, 0.5) is 0 Å². The number of rotatable bonds is 2. The number of ketones is 1. The fourth-order valence-electron chi connectivity index (χ4n) is 2.36. The Morgan fingerprint density at radius 2 is 2.11 bits per heavy atom. The lowest BCUT2D eigenvalue weighted by Crippen LogP contribution is -2.31. The van der Waals surface area contributed by atoms with Gasteiger partial charge in [0.25, 0.3) is 0 Å². The number of hydrogen-bond acceptors (Lipinski definition) is 2. The molecule has 96 valence electrons. The molecule has 4 heteroatoms. The highest BCUT2D eigenvalue weighted by molar-refractivity contribution is 6.15. The summed E-state index contributed by atoms with van der Waals surface area (Å²) >= 11 is 0. The van der Waals surface area contributed by atoms with Crippen LogP contribution in [0.15, 0.2) is 42.1 Å². The van der Waals surface area contributed by atoms with Crippen molar-refractivity contribution in [1.82, 2.24) is 10.3 Å². The van der Waals surface area contributed by atoms with E-state index in [9.17, 15) is 9.59 Å². The summed E-state index contributed by atoms with van der Waals surface area (Å²) in [7, 11) is 0. The van der Waals surface area contributed by atoms with E-state index >= 15 is 0 Å². The minimum atomic E-state index is -0.126. The Morgan fingerprint density at radius 1 is 1.26 bits per heavy atom. The normalized spacial score (nSPS) is 17.7. The molecule has 1 aliphatic heterocycles. The number of aromatic amines is 1. The van der Waals surface area contributed by atoms with Gasteiger partial charge in [0.05, 0.1) is 0 Å². The van der Waals surface area contributed by atoms with Gasteiger partial charge in [-0.2, -0.15) is 0 Å². The minimum absolute atomic E-state index is 0.121. The molecule has 0 atom stereocenters. The molecule has 0 spiro atoms. The van der Waals surface area contributed by atoms with E-state index < -0.39 is 0 Å². The van der Waals surface area contributed by atoms with Crippen LogP contribution < -0.4 is 5.32 Å². The number of H-pyrrole nitrogens is 1. The molecule has 1 amide bonds. The number of aromatic nitrogens is 1. The van der Waals surface area contributed by atoms with Crippen molar-refractivity contribution < 1.29 is 9.59 Å². The average molecular weight is 254 g/mol. The Bertz CT molecular complexity index is 682. The highest BCUT2D eigenvalue weighted by Crippen LogP contribution is 2.20. The summed E-state index contributed by atoms with van der Waals surface area (Å²) in [6, 6.07) is 7.64. The van der Waals surface area contributed by atoms with Crippen LogP contribution in [-0.4, -0.2) is 23.2 Å². The highest BCUT2D eigenvalue weighted by atomic mass is 16.2. The van der Waals surface area contributed by atoms with Crippen LogP contribution in [0.5, 0.6) is 0 Å². The van der Waals surface area contributed by atoms with Crippen molar-refractivity contribution in [2.24, 2.45) is 0 Å². The third-order valence-electron chi connectivity index (χ3n) is 3.36. The summed E-state index contributed by atoms with van der Waals surface area (Å²) in [5, 5.41) is 3.64. The predicted molar refractivity (Wildman–Crippen MR) is 73.0 cm³/mol. The number of piperidine rings is 1. The molecule has 2 aromatic rings. The fourth-order valence-corrected chi connectivity index (χ4v) is 2.36. The molecule has 1 aromatic carbocycles. The first kappa shape index (κ1) is 11.7. The highest BCUT2D eigenvalue weighted by Gasteiger charge is 2.17. The second-order valence-corrected chi connectivity index (χ2v) is 4.64. The first-order valence-electron chi connectivity index (χ1n) is 6.35. The van der Waals surface area contributed by atoms with Crippen LogP contribution in [0.1, 0.15) is 23.2 Å². The number of fused-ring (bicyclic) bond motifs is 1. The van der Waals surface area contributed by atoms with E-state index in [4.69, 9.17) is 0 Å². The zero-order chi connectivity index (χ0) is 13.2. The third kappa shape index (κ3) is 2.17. The zero-order valence-electron chi connectivity index (χ0n) is 10.4. The van der Waals surface area contributed by atoms with Gasteiger partial charge >= 0.3 is 0 Å². The van der Waals surface area contributed by atoms with E-state index in [-0.39, 0.29) is 11.7 Å². The first-order chi connectivity index (χ1) is 9.25. The number of carbonyl (C=O) groups excluding carboxylic acids is 2. The molecule has 0 unspecified atom stereocenters. The smallest absolute Gasteiger partial charge is 0.247 e. The number of benzene rings is 1. The summed E-state index contributed by atoms with van der Waals surface area (Å²) in [6.45, 7) is 0.692. The summed E-state index contributed by atoms with van der Waals surface area (Å²) in [5.41, 5.74) is 2.11. The minimum Gasteiger partial charge on any atom is -0.360 e. The molecular formula is C15H14N2O2. The van der Waals surface area contributed by atoms with Crippen LogP contribution in [0.25, 0.3) is 10.9 Å². The average Bonchev–Trinajstić information content (AvgIpc) is 2.85. The van der Waals surface area contributed by atoms with Crippen molar-refractivity contribution in [3.05, 3.63) is 47.7 Å². The number of allylic oxidation sites excluding steroid dienone is 1. The van der Waals surface area contributed by atoms with Gasteiger partial charge in [-0.05, 0) is 25.0 Å². The van der Waals surface area contributed by atoms with E-state index in [0.29, 0.717) is 24.1 Å². The lowest BCUT2D eigenvalue weighted by atomic mass is 10.0. The molecule has 1 saturated heterocycles. The number of para-hydroxylation sites is 1. The Hall–Kier alpha value is -2.36. The molecule has 0 saturated carbocycles. The summed E-state index contributed by atoms with van der Waals surface area (Å²) in [6.07, 6.45) is 4.72. The van der Waals surface area contributed by atoms with Gasteiger partial charge in [0.2, 0.25) is 5.91 Å². The Labute approximate surface area is 110 Å². The molecule has 1 aromatic heterocycles. The maximum Gasteiger partial charge on any atom is 0.247 e. The van der Waals surface area contributed by atoms with Crippen molar-refractivity contribution in [3.8, 4) is 0 Å². The second-order valence-electron chi connectivity index (χ2n) is 4.64. The molecule has 2 N–H and O–H groups in total. The van der Waals surface area contributed by atoms with E-state index in [1.165, 1.54) is 6.08 Å². The second kappa shape index (κ2) is 4.72. The van der Waals surface area contributed by atoms with Gasteiger partial charge in [-0.3, -0.25) is 9.59 Å². The van der Waals surface area contributed by atoms with Gasteiger partial charge in [-0.15, -0.1) is 0 Å². The molecule has 0 radical (unpaired) electrons. The van der Waals surface area contributed by atoms with Crippen molar-refractivity contribution >= 4 is 22.6 Å². The summed E-state index contributed by atoms with van der Waals surface area (Å²) in [4.78, 5) is 26.9. The van der Waals surface area contributed by atoms with E-state index in [2.05, 4.69) is 10.3 Å². The molecule has 0 aliphatic carbocycles. The number of amides is 1. The Balaban J connectivity index is 1.96. The predicted octanol–water partition coefficient (Wildman–Crippen LogP) is 2.19. The Kier molecular flexibility index (Phi) is 2.91. The quantitative estimate of drug-likeness (QED) is 0.637. The van der Waals surface area contributed by atoms with Crippen molar-refractivity contribution in [3.63, 3.8) is 0 Å². The molecule has 0 bridgehead atoms. The first-order valence-corrected chi connectivity index (χ1v) is 6.35. The molecule has 19 heavy (non-hydrogen) atoms. The monoisotopic (exact) mass is 254 g/mol. The summed E-state index contributed by atoms with van der Waals surface area (Å²) < 4.78 is 0. The third-order valence-corrected chi connectivity index (χ3v) is 3.36. The van der Waals surface area contributed by atoms with Crippen molar-refractivity contribution in [1.29, 1.82) is 0 Å². The number of carbonyl (C=O) groups is 2. The number of hydrogen-bond donors (Lipinski definition) is 2.